The summed E-state index contributed by atoms with van der Waals surface area (Å²) < 4.78 is 0. The third-order valence-corrected chi connectivity index (χ3v) is 3.88. The smallest absolute Gasteiger partial charge is 0.278 e. The molecule has 0 atom stereocenters. The first-order valence-corrected chi connectivity index (χ1v) is 8.43. The fourth-order valence-corrected chi connectivity index (χ4v) is 2.36. The van der Waals surface area contributed by atoms with Crippen LogP contribution in [0.5, 0.6) is 5.75 Å². The van der Waals surface area contributed by atoms with E-state index in [1.807, 2.05) is 0 Å². The van der Waals surface area contributed by atoms with Crippen molar-refractivity contribution < 1.29 is 19.6 Å². The van der Waals surface area contributed by atoms with E-state index in [1.54, 1.807) is 49.3 Å². The minimum absolute atomic E-state index is 0.117. The van der Waals surface area contributed by atoms with Crippen LogP contribution in [0.15, 0.2) is 54.6 Å². The largest absolute Gasteiger partial charge is 0.508 e. The van der Waals surface area contributed by atoms with E-state index in [0.29, 0.717) is 11.3 Å². The van der Waals surface area contributed by atoms with Crippen molar-refractivity contribution in [1.82, 2.24) is 0 Å². The van der Waals surface area contributed by atoms with Gasteiger partial charge in [0.2, 0.25) is 0 Å². The highest BCUT2D eigenvalue weighted by Gasteiger charge is 2.14. The van der Waals surface area contributed by atoms with E-state index in [1.165, 1.54) is 36.4 Å². The summed E-state index contributed by atoms with van der Waals surface area (Å²) in [5, 5.41) is 20.5. The second kappa shape index (κ2) is 9.27. The van der Waals surface area contributed by atoms with Gasteiger partial charge in [0.25, 0.3) is 5.69 Å². The van der Waals surface area contributed by atoms with Gasteiger partial charge in [-0.3, -0.25) is 19.7 Å². The lowest BCUT2D eigenvalue weighted by Gasteiger charge is -2.12. The minimum Gasteiger partial charge on any atom is -0.508 e. The first-order chi connectivity index (χ1) is 13.3. The molecule has 0 fully saturated rings. The monoisotopic (exact) mass is 380 g/mol. The Hall–Kier alpha value is -3.74. The highest BCUT2D eigenvalue weighted by molar-refractivity contribution is 6.11. The fourth-order valence-electron chi connectivity index (χ4n) is 2.36. The maximum Gasteiger partial charge on any atom is 0.278 e. The van der Waals surface area contributed by atoms with Crippen LogP contribution in [-0.2, 0) is 9.59 Å². The van der Waals surface area contributed by atoms with Gasteiger partial charge in [-0.15, -0.1) is 0 Å². The molecule has 0 aliphatic carbocycles. The van der Waals surface area contributed by atoms with Gasteiger partial charge in [-0.2, -0.15) is 0 Å². The molecule has 7 heteroatoms. The molecule has 0 saturated heterocycles. The number of hydrogen-bond donors (Lipinski definition) is 1. The predicted octanol–water partition coefficient (Wildman–Crippen LogP) is 3.62. The number of nitro groups is 1. The molecule has 144 valence electrons. The molecule has 0 aromatic heterocycles. The average molecular weight is 380 g/mol. The quantitative estimate of drug-likeness (QED) is 0.325. The lowest BCUT2D eigenvalue weighted by Crippen LogP contribution is -2.09. The van der Waals surface area contributed by atoms with Crippen LogP contribution >= 0.6 is 0 Å². The lowest BCUT2D eigenvalue weighted by atomic mass is 10.1. The molecule has 7 nitrogen and oxygen atoms in total. The van der Waals surface area contributed by atoms with Crippen LogP contribution in [0.4, 0.5) is 11.4 Å². The summed E-state index contributed by atoms with van der Waals surface area (Å²) in [6, 6.07) is 11.0. The van der Waals surface area contributed by atoms with Gasteiger partial charge in [-0.1, -0.05) is 18.2 Å². The molecular weight excluding hydrogens is 360 g/mol. The fraction of sp³-hybridized carbons (Fsp3) is 0.143. The van der Waals surface area contributed by atoms with E-state index in [-0.39, 0.29) is 29.2 Å². The number of ketones is 2. The van der Waals surface area contributed by atoms with E-state index in [0.717, 1.165) is 0 Å². The number of phenolic OH excluding ortho intramolecular Hbond substituents is 1. The maximum absolute atomic E-state index is 12.0. The van der Waals surface area contributed by atoms with Crippen molar-refractivity contribution in [3.05, 3.63) is 75.9 Å². The normalized spacial score (nSPS) is 11.1. The van der Waals surface area contributed by atoms with E-state index >= 15 is 0 Å². The van der Waals surface area contributed by atoms with E-state index < -0.39 is 10.7 Å². The molecule has 28 heavy (non-hydrogen) atoms. The van der Waals surface area contributed by atoms with Gasteiger partial charge >= 0.3 is 0 Å². The van der Waals surface area contributed by atoms with E-state index in [2.05, 4.69) is 0 Å². The highest BCUT2D eigenvalue weighted by Crippen LogP contribution is 2.25. The standard InChI is InChI=1S/C21H20N2O5/c1-22(2)17-8-6-16(21(13-17)23(27)28)7-12-20(26)14-19(25)11-5-15-3-9-18(24)10-4-15/h3-13,24H,14H2,1-2H3/b11-5+,12-7+. The van der Waals surface area contributed by atoms with Crippen LogP contribution < -0.4 is 4.90 Å². The van der Waals surface area contributed by atoms with Gasteiger partial charge in [0.05, 0.1) is 16.9 Å². The number of anilines is 1. The number of nitrogens with zero attached hydrogens (tertiary/aromatic N) is 2. The molecule has 0 aliphatic heterocycles. The van der Waals surface area contributed by atoms with Crippen molar-refractivity contribution in [2.75, 3.05) is 19.0 Å². The molecular formula is C21H20N2O5. The number of carbonyl (C=O) groups is 2. The van der Waals surface area contributed by atoms with Crippen LogP contribution in [0.3, 0.4) is 0 Å². The Morgan fingerprint density at radius 1 is 1.04 bits per heavy atom. The number of rotatable bonds is 8. The van der Waals surface area contributed by atoms with Crippen LogP contribution in [0.25, 0.3) is 12.2 Å². The number of benzene rings is 2. The number of aromatic hydroxyl groups is 1. The molecule has 0 bridgehead atoms. The van der Waals surface area contributed by atoms with Gasteiger partial charge in [-0.25, -0.2) is 0 Å². The highest BCUT2D eigenvalue weighted by atomic mass is 16.6. The molecule has 0 spiro atoms. The molecule has 0 unspecified atom stereocenters. The summed E-state index contributed by atoms with van der Waals surface area (Å²) in [5.41, 5.74) is 1.56. The molecule has 0 saturated carbocycles. The van der Waals surface area contributed by atoms with Crippen molar-refractivity contribution in [3.8, 4) is 5.75 Å². The maximum atomic E-state index is 12.0. The van der Waals surface area contributed by atoms with E-state index in [9.17, 15) is 24.8 Å². The topological polar surface area (TPSA) is 101 Å². The first kappa shape index (κ1) is 20.6. The van der Waals surface area contributed by atoms with Crippen molar-refractivity contribution in [3.63, 3.8) is 0 Å². The molecule has 2 rings (SSSR count). The number of phenols is 1. The minimum atomic E-state index is -0.511. The molecule has 0 amide bonds. The van der Waals surface area contributed by atoms with Gasteiger partial charge in [0.1, 0.15) is 5.75 Å². The zero-order chi connectivity index (χ0) is 20.7. The summed E-state index contributed by atoms with van der Waals surface area (Å²) in [5.74, 6) is -0.719. The summed E-state index contributed by atoms with van der Waals surface area (Å²) in [7, 11) is 3.55. The Balaban J connectivity index is 2.04. The Labute approximate surface area is 162 Å². The van der Waals surface area contributed by atoms with Gasteiger partial charge < -0.3 is 10.0 Å². The van der Waals surface area contributed by atoms with Crippen LogP contribution in [0, 0.1) is 10.1 Å². The Morgan fingerprint density at radius 2 is 1.64 bits per heavy atom. The van der Waals surface area contributed by atoms with Crippen molar-refractivity contribution in [2.24, 2.45) is 0 Å². The second-order valence-electron chi connectivity index (χ2n) is 6.26. The van der Waals surface area contributed by atoms with Gasteiger partial charge in [-0.05, 0) is 48.1 Å². The summed E-state index contributed by atoms with van der Waals surface area (Å²) in [6.07, 6.45) is 5.01. The third kappa shape index (κ3) is 5.91. The first-order valence-electron chi connectivity index (χ1n) is 8.43. The van der Waals surface area contributed by atoms with Crippen molar-refractivity contribution >= 4 is 35.1 Å². The molecule has 0 heterocycles. The molecule has 2 aromatic carbocycles. The Bertz CT molecular complexity index is 944. The molecule has 0 radical (unpaired) electrons. The van der Waals surface area contributed by atoms with Crippen LogP contribution in [-0.4, -0.2) is 35.7 Å². The summed E-state index contributed by atoms with van der Waals surface area (Å²) in [4.78, 5) is 36.4. The Morgan fingerprint density at radius 3 is 2.21 bits per heavy atom. The van der Waals surface area contributed by atoms with Crippen molar-refractivity contribution in [2.45, 2.75) is 6.42 Å². The molecule has 1 N–H and O–H groups in total. The summed E-state index contributed by atoms with van der Waals surface area (Å²) in [6.45, 7) is 0. The van der Waals surface area contributed by atoms with Gasteiger partial charge in [0.15, 0.2) is 11.6 Å². The SMILES string of the molecule is CN(C)c1ccc(/C=C/C(=O)CC(=O)/C=C/c2ccc(O)cc2)c([N+](=O)[O-])c1. The van der Waals surface area contributed by atoms with Crippen molar-refractivity contribution in [1.29, 1.82) is 0 Å². The number of allylic oxidation sites excluding steroid dienone is 2. The van der Waals surface area contributed by atoms with Crippen LogP contribution in [0.1, 0.15) is 17.5 Å². The zero-order valence-electron chi connectivity index (χ0n) is 15.5. The van der Waals surface area contributed by atoms with Gasteiger partial charge in [0, 0.05) is 25.8 Å². The Kier molecular flexibility index (Phi) is 6.81. The molecule has 0 aliphatic rings. The molecule has 2 aromatic rings. The third-order valence-electron chi connectivity index (χ3n) is 3.88. The van der Waals surface area contributed by atoms with Crippen LogP contribution in [0.2, 0.25) is 0 Å². The number of carbonyl (C=O) groups excluding carboxylic acids is 2. The summed E-state index contributed by atoms with van der Waals surface area (Å²) >= 11 is 0. The number of hydrogen-bond acceptors (Lipinski definition) is 6. The lowest BCUT2D eigenvalue weighted by molar-refractivity contribution is -0.385. The zero-order valence-corrected chi connectivity index (χ0v) is 15.5. The predicted molar refractivity (Wildman–Crippen MR) is 108 cm³/mol. The second-order valence-corrected chi connectivity index (χ2v) is 6.26. The number of nitro benzene ring substituents is 1. The average Bonchev–Trinajstić information content (AvgIpc) is 2.65. The van der Waals surface area contributed by atoms with E-state index in [4.69, 9.17) is 0 Å².